The highest BCUT2D eigenvalue weighted by molar-refractivity contribution is 5.68. The Morgan fingerprint density at radius 1 is 0.479 bits per heavy atom. The van der Waals surface area contributed by atoms with Crippen molar-refractivity contribution < 1.29 is 95.3 Å². The molecule has 0 amide bonds. The van der Waals surface area contributed by atoms with Crippen LogP contribution in [0.4, 0.5) is 0 Å². The van der Waals surface area contributed by atoms with E-state index in [1.807, 2.05) is 116 Å². The van der Waals surface area contributed by atoms with E-state index in [1.54, 1.807) is 6.92 Å². The molecular formula is C51H72O20. The zero-order valence-electron chi connectivity index (χ0n) is 42.7. The first-order valence-corrected chi connectivity index (χ1v) is 24.2. The van der Waals surface area contributed by atoms with Gasteiger partial charge in [-0.25, -0.2) is 0 Å². The Bertz CT molecular complexity index is 2070. The van der Waals surface area contributed by atoms with E-state index in [9.17, 15) is 19.5 Å². The fourth-order valence-corrected chi connectivity index (χ4v) is 9.57. The van der Waals surface area contributed by atoms with E-state index in [0.717, 1.165) is 11.1 Å². The van der Waals surface area contributed by atoms with Gasteiger partial charge in [0.1, 0.15) is 54.9 Å². The first-order valence-electron chi connectivity index (χ1n) is 24.2. The lowest BCUT2D eigenvalue weighted by molar-refractivity contribution is -0.287. The predicted molar refractivity (Wildman–Crippen MR) is 245 cm³/mol. The fourth-order valence-electron chi connectivity index (χ4n) is 9.57. The minimum absolute atomic E-state index is 0.131. The number of esters is 3. The summed E-state index contributed by atoms with van der Waals surface area (Å²) in [6.45, 7) is 21.8. The number of aliphatic hydroxyl groups is 1. The van der Waals surface area contributed by atoms with Crippen LogP contribution in [0.1, 0.15) is 94.2 Å². The molecule has 20 heteroatoms. The number of benzene rings is 2. The van der Waals surface area contributed by atoms with Gasteiger partial charge < -0.3 is 80.9 Å². The van der Waals surface area contributed by atoms with Crippen LogP contribution in [0.3, 0.4) is 0 Å². The molecule has 71 heavy (non-hydrogen) atoms. The summed E-state index contributed by atoms with van der Waals surface area (Å²) in [5.41, 5.74) is 2.12. The van der Waals surface area contributed by atoms with Crippen molar-refractivity contribution >= 4 is 17.9 Å². The van der Waals surface area contributed by atoms with E-state index in [4.69, 9.17) is 75.8 Å². The molecule has 7 heterocycles. The van der Waals surface area contributed by atoms with Gasteiger partial charge in [-0.15, -0.1) is 0 Å². The lowest BCUT2D eigenvalue weighted by Crippen LogP contribution is -2.58. The van der Waals surface area contributed by atoms with Crippen LogP contribution in [0.2, 0.25) is 0 Å². The molecule has 20 nitrogen and oxygen atoms in total. The van der Waals surface area contributed by atoms with Crippen LogP contribution in [-0.2, 0) is 103 Å². The molecule has 9 rings (SSSR count). The molecule has 7 aliphatic rings. The second kappa shape index (κ2) is 22.8. The van der Waals surface area contributed by atoms with Crippen LogP contribution in [-0.4, -0.2) is 152 Å². The summed E-state index contributed by atoms with van der Waals surface area (Å²) >= 11 is 0. The zero-order chi connectivity index (χ0) is 51.5. The summed E-state index contributed by atoms with van der Waals surface area (Å²) in [6.07, 6.45) is -7.07. The Morgan fingerprint density at radius 3 is 1.31 bits per heavy atom. The van der Waals surface area contributed by atoms with Crippen molar-refractivity contribution in [2.45, 2.75) is 205 Å². The summed E-state index contributed by atoms with van der Waals surface area (Å²) in [4.78, 5) is 34.6. The summed E-state index contributed by atoms with van der Waals surface area (Å²) in [6, 6.07) is 19.7. The number of hydrogen-bond acceptors (Lipinski definition) is 20. The largest absolute Gasteiger partial charge is 0.458 e. The van der Waals surface area contributed by atoms with Crippen molar-refractivity contribution in [1.82, 2.24) is 0 Å². The molecule has 1 N–H and O–H groups in total. The predicted octanol–water partition coefficient (Wildman–Crippen LogP) is 4.97. The molecule has 0 spiro atoms. The second-order valence-corrected chi connectivity index (χ2v) is 20.3. The molecule has 7 fully saturated rings. The third-order valence-electron chi connectivity index (χ3n) is 12.4. The van der Waals surface area contributed by atoms with E-state index in [1.165, 1.54) is 20.8 Å². The molecular weight excluding hydrogens is 933 g/mol. The van der Waals surface area contributed by atoms with Gasteiger partial charge >= 0.3 is 17.9 Å². The highest BCUT2D eigenvalue weighted by Crippen LogP contribution is 2.46. The number of ether oxygens (including phenoxy) is 16. The van der Waals surface area contributed by atoms with Gasteiger partial charge in [0.2, 0.25) is 12.4 Å². The molecule has 0 saturated carbocycles. The van der Waals surface area contributed by atoms with Crippen molar-refractivity contribution in [3.8, 4) is 0 Å². The van der Waals surface area contributed by atoms with Crippen molar-refractivity contribution in [3.63, 3.8) is 0 Å². The first kappa shape index (κ1) is 55.0. The number of fused-ring (bicyclic) bond motifs is 6. The Hall–Kier alpha value is -3.71. The van der Waals surface area contributed by atoms with Gasteiger partial charge in [-0.2, -0.15) is 0 Å². The number of carbonyl (C=O) groups excluding carboxylic acids is 3. The smallest absolute Gasteiger partial charge is 0.305 e. The third kappa shape index (κ3) is 14.3. The van der Waals surface area contributed by atoms with Gasteiger partial charge in [0.25, 0.3) is 0 Å². The third-order valence-corrected chi connectivity index (χ3v) is 12.4. The standard InChI is InChI=1S/C20H26O8.C19H26O6.C12H20O6/c1-12-17(11-24-10-16-8-6-5-7-9-16)28-20(27-15(4)23)19(26-14(3)22)18(12)25-13(2)21;1-18(2)22-14-13(11-20-10-12-8-6-5-7-9-12)21-17-16(15(14)23-18)24-19(3,4)25-17;1-11(2)15-7-6(5-13)14-10-9(8(7)16-11)17-12(3,4)18-10/h5-9,12,17-20H,10-11H2,1-4H3;5-9,13-17H,10-11H2,1-4H3;6-10,13H,5H2,1-4H3/t12-,17+,18-,19+,20?;13-,14+,15?,16-,17?;6-,7+,8?,9-,10?/m100/s1. The van der Waals surface area contributed by atoms with E-state index in [0.29, 0.717) is 19.8 Å². The van der Waals surface area contributed by atoms with Crippen LogP contribution in [0, 0.1) is 5.92 Å². The maximum absolute atomic E-state index is 11.6. The van der Waals surface area contributed by atoms with Gasteiger partial charge in [0.15, 0.2) is 35.7 Å². The number of hydrogen-bond donors (Lipinski definition) is 1. The zero-order valence-corrected chi connectivity index (χ0v) is 42.7. The topological polar surface area (TPSA) is 219 Å². The lowest BCUT2D eigenvalue weighted by Gasteiger charge is -2.43. The van der Waals surface area contributed by atoms with E-state index in [-0.39, 0.29) is 61.9 Å². The second-order valence-electron chi connectivity index (χ2n) is 20.3. The van der Waals surface area contributed by atoms with Crippen LogP contribution in [0.15, 0.2) is 60.7 Å². The maximum atomic E-state index is 11.6. The molecule has 0 aliphatic carbocycles. The molecule has 5 unspecified atom stereocenters. The first-order chi connectivity index (χ1) is 33.4. The van der Waals surface area contributed by atoms with E-state index < -0.39 is 84.3 Å². The summed E-state index contributed by atoms with van der Waals surface area (Å²) in [7, 11) is 0. The number of rotatable bonds is 12. The summed E-state index contributed by atoms with van der Waals surface area (Å²) < 4.78 is 92.3. The van der Waals surface area contributed by atoms with Crippen LogP contribution < -0.4 is 0 Å². The van der Waals surface area contributed by atoms with Crippen LogP contribution in [0.25, 0.3) is 0 Å². The minimum Gasteiger partial charge on any atom is -0.458 e. The lowest BCUT2D eigenvalue weighted by atomic mass is 9.90. The van der Waals surface area contributed by atoms with E-state index >= 15 is 0 Å². The van der Waals surface area contributed by atoms with Gasteiger partial charge in [0.05, 0.1) is 39.1 Å². The molecule has 2 aromatic carbocycles. The van der Waals surface area contributed by atoms with Crippen LogP contribution in [0.5, 0.6) is 0 Å². The van der Waals surface area contributed by atoms with Crippen LogP contribution >= 0.6 is 0 Å². The Morgan fingerprint density at radius 2 is 0.859 bits per heavy atom. The van der Waals surface area contributed by atoms with E-state index in [2.05, 4.69) is 0 Å². The average molecular weight is 1010 g/mol. The van der Waals surface area contributed by atoms with Crippen molar-refractivity contribution in [1.29, 1.82) is 0 Å². The number of carbonyl (C=O) groups is 3. The maximum Gasteiger partial charge on any atom is 0.305 e. The van der Waals surface area contributed by atoms with Gasteiger partial charge in [-0.1, -0.05) is 67.6 Å². The van der Waals surface area contributed by atoms with Gasteiger partial charge in [-0.05, 0) is 66.5 Å². The molecule has 2 aromatic rings. The minimum atomic E-state index is -1.20. The van der Waals surface area contributed by atoms with Gasteiger partial charge in [0, 0.05) is 26.7 Å². The summed E-state index contributed by atoms with van der Waals surface area (Å²) in [5, 5.41) is 9.40. The average Bonchev–Trinajstić information content (AvgIpc) is 4.00. The Kier molecular flexibility index (Phi) is 17.7. The monoisotopic (exact) mass is 1000 g/mol. The molecule has 7 saturated heterocycles. The highest BCUT2D eigenvalue weighted by Gasteiger charge is 2.62. The SMILES string of the molecule is CC(=O)OC1O[C@@H](COCc2ccccc2)[C@@H](C)[C@@H](OC(C)=O)[C@@H]1OC(C)=O.CC1(C)OC2O[C@@H](CO)[C@H]3OC(C)(C)OC3[C@@H]2O1.CC1(C)OC2O[C@@H](COCc3ccccc3)[C@H]3OC(C)(C)OC3[C@@H]2O1. The molecule has 0 bridgehead atoms. The molecule has 7 aliphatic heterocycles. The Balaban J connectivity index is 0.000000160. The fraction of sp³-hybridized carbons (Fsp3) is 0.706. The summed E-state index contributed by atoms with van der Waals surface area (Å²) in [5.74, 6) is -4.90. The molecule has 0 radical (unpaired) electrons. The molecule has 396 valence electrons. The number of aliphatic hydroxyl groups excluding tert-OH is 1. The van der Waals surface area contributed by atoms with Gasteiger partial charge in [-0.3, -0.25) is 14.4 Å². The van der Waals surface area contributed by atoms with Crippen molar-refractivity contribution in [3.05, 3.63) is 71.8 Å². The van der Waals surface area contributed by atoms with Crippen molar-refractivity contribution in [2.75, 3.05) is 19.8 Å². The Labute approximate surface area is 415 Å². The molecule has 0 aromatic heterocycles. The normalized spacial score (nSPS) is 36.5. The molecule has 15 atom stereocenters. The van der Waals surface area contributed by atoms with Crippen molar-refractivity contribution in [2.24, 2.45) is 5.92 Å². The quantitative estimate of drug-likeness (QED) is 0.219. The highest BCUT2D eigenvalue weighted by atomic mass is 16.9.